The molecular formula is C18H13N3O5. The molecule has 0 aromatic heterocycles. The lowest BCUT2D eigenvalue weighted by atomic mass is 10.1. The van der Waals surface area contributed by atoms with Gasteiger partial charge in [0.15, 0.2) is 0 Å². The van der Waals surface area contributed by atoms with Gasteiger partial charge in [-0.15, -0.1) is 0 Å². The molecule has 1 fully saturated rings. The van der Waals surface area contributed by atoms with Crippen molar-refractivity contribution in [3.8, 4) is 0 Å². The van der Waals surface area contributed by atoms with E-state index in [9.17, 15) is 24.5 Å². The molecule has 1 heterocycles. The first kappa shape index (κ1) is 17.0. The van der Waals surface area contributed by atoms with Gasteiger partial charge in [0.2, 0.25) is 0 Å². The molecule has 4 amide bonds. The summed E-state index contributed by atoms with van der Waals surface area (Å²) >= 11 is 0. The van der Waals surface area contributed by atoms with Crippen molar-refractivity contribution in [2.75, 3.05) is 4.90 Å². The Labute approximate surface area is 147 Å². The number of hydrogen-bond donors (Lipinski definition) is 1. The number of nitro groups is 1. The second-order valence-corrected chi connectivity index (χ2v) is 5.64. The second kappa shape index (κ2) is 6.60. The first-order valence-electron chi connectivity index (χ1n) is 7.59. The molecule has 26 heavy (non-hydrogen) atoms. The topological polar surface area (TPSA) is 110 Å². The summed E-state index contributed by atoms with van der Waals surface area (Å²) in [4.78, 5) is 47.9. The number of benzene rings is 2. The van der Waals surface area contributed by atoms with Crippen molar-refractivity contribution in [3.05, 3.63) is 75.3 Å². The van der Waals surface area contributed by atoms with Crippen LogP contribution in [0.4, 0.5) is 16.2 Å². The van der Waals surface area contributed by atoms with Gasteiger partial charge in [-0.25, -0.2) is 9.69 Å². The number of imide groups is 2. The molecule has 130 valence electrons. The molecule has 1 saturated heterocycles. The van der Waals surface area contributed by atoms with Crippen LogP contribution in [-0.4, -0.2) is 22.8 Å². The third-order valence-corrected chi connectivity index (χ3v) is 3.81. The first-order chi connectivity index (χ1) is 12.4. The van der Waals surface area contributed by atoms with Crippen LogP contribution < -0.4 is 10.2 Å². The zero-order valence-electron chi connectivity index (χ0n) is 13.6. The number of aryl methyl sites for hydroxylation is 1. The fraction of sp³-hybridized carbons (Fsp3) is 0.0556. The van der Waals surface area contributed by atoms with E-state index in [2.05, 4.69) is 5.32 Å². The number of urea groups is 1. The Kier molecular flexibility index (Phi) is 4.32. The van der Waals surface area contributed by atoms with Crippen molar-refractivity contribution in [1.29, 1.82) is 0 Å². The molecule has 2 aromatic carbocycles. The fourth-order valence-corrected chi connectivity index (χ4v) is 2.44. The minimum absolute atomic E-state index is 0.108. The number of barbiturate groups is 1. The predicted octanol–water partition coefficient (Wildman–Crippen LogP) is 2.57. The molecule has 2 aromatic rings. The Bertz CT molecular complexity index is 946. The molecule has 8 nitrogen and oxygen atoms in total. The van der Waals surface area contributed by atoms with Crippen LogP contribution in [0.5, 0.6) is 0 Å². The maximum Gasteiger partial charge on any atom is 0.335 e. The van der Waals surface area contributed by atoms with E-state index < -0.39 is 22.8 Å². The van der Waals surface area contributed by atoms with Crippen LogP contribution in [-0.2, 0) is 9.59 Å². The number of non-ortho nitro benzene ring substituents is 1. The van der Waals surface area contributed by atoms with E-state index in [4.69, 9.17) is 0 Å². The zero-order valence-corrected chi connectivity index (χ0v) is 13.6. The van der Waals surface area contributed by atoms with E-state index in [1.165, 1.54) is 30.3 Å². The van der Waals surface area contributed by atoms with Gasteiger partial charge in [0.1, 0.15) is 5.57 Å². The molecule has 0 aliphatic carbocycles. The Morgan fingerprint density at radius 1 is 1.00 bits per heavy atom. The number of hydrogen-bond acceptors (Lipinski definition) is 5. The SMILES string of the molecule is Cc1ccc(N2C(=O)NC(=O)/C(=C\c3ccc([N+](=O)[O-])cc3)C2=O)cc1. The van der Waals surface area contributed by atoms with Gasteiger partial charge in [-0.3, -0.25) is 25.0 Å². The summed E-state index contributed by atoms with van der Waals surface area (Å²) < 4.78 is 0. The van der Waals surface area contributed by atoms with Gasteiger partial charge in [-0.05, 0) is 42.8 Å². The molecule has 1 N–H and O–H groups in total. The minimum Gasteiger partial charge on any atom is -0.273 e. The average Bonchev–Trinajstić information content (AvgIpc) is 2.60. The van der Waals surface area contributed by atoms with Crippen LogP contribution in [0.25, 0.3) is 6.08 Å². The monoisotopic (exact) mass is 351 g/mol. The van der Waals surface area contributed by atoms with Crippen molar-refractivity contribution < 1.29 is 19.3 Å². The van der Waals surface area contributed by atoms with E-state index in [1.54, 1.807) is 24.3 Å². The third kappa shape index (κ3) is 3.20. The van der Waals surface area contributed by atoms with Gasteiger partial charge in [0.05, 0.1) is 10.6 Å². The first-order valence-corrected chi connectivity index (χ1v) is 7.59. The zero-order chi connectivity index (χ0) is 18.8. The summed E-state index contributed by atoms with van der Waals surface area (Å²) in [5.74, 6) is -1.58. The smallest absolute Gasteiger partial charge is 0.273 e. The van der Waals surface area contributed by atoms with E-state index in [0.717, 1.165) is 10.5 Å². The van der Waals surface area contributed by atoms with Crippen LogP contribution in [0.1, 0.15) is 11.1 Å². The van der Waals surface area contributed by atoms with Gasteiger partial charge in [-0.1, -0.05) is 17.7 Å². The van der Waals surface area contributed by atoms with Gasteiger partial charge < -0.3 is 0 Å². The molecule has 0 bridgehead atoms. The Morgan fingerprint density at radius 2 is 1.62 bits per heavy atom. The van der Waals surface area contributed by atoms with E-state index in [0.29, 0.717) is 11.3 Å². The molecule has 0 unspecified atom stereocenters. The second-order valence-electron chi connectivity index (χ2n) is 5.64. The van der Waals surface area contributed by atoms with Crippen LogP contribution in [0, 0.1) is 17.0 Å². The summed E-state index contributed by atoms with van der Waals surface area (Å²) in [5, 5.41) is 12.8. The molecule has 0 radical (unpaired) electrons. The third-order valence-electron chi connectivity index (χ3n) is 3.81. The fourth-order valence-electron chi connectivity index (χ4n) is 2.44. The van der Waals surface area contributed by atoms with Crippen molar-refractivity contribution in [2.24, 2.45) is 0 Å². The number of nitrogens with one attached hydrogen (secondary N) is 1. The summed E-state index contributed by atoms with van der Waals surface area (Å²) in [5.41, 5.74) is 1.37. The van der Waals surface area contributed by atoms with Crippen LogP contribution in [0.2, 0.25) is 0 Å². The molecule has 8 heteroatoms. The molecule has 0 atom stereocenters. The standard InChI is InChI=1S/C18H13N3O5/c1-11-2-6-13(7-3-11)20-17(23)15(16(22)19-18(20)24)10-12-4-8-14(9-5-12)21(25)26/h2-10H,1H3,(H,19,22,24)/b15-10+. The molecular weight excluding hydrogens is 338 g/mol. The maximum atomic E-state index is 12.7. The van der Waals surface area contributed by atoms with Crippen LogP contribution in [0.15, 0.2) is 54.1 Å². The summed E-state index contributed by atoms with van der Waals surface area (Å²) in [6.07, 6.45) is 1.29. The summed E-state index contributed by atoms with van der Waals surface area (Å²) in [6, 6.07) is 11.2. The number of carbonyl (C=O) groups is 3. The molecule has 3 rings (SSSR count). The van der Waals surface area contributed by atoms with Crippen LogP contribution in [0.3, 0.4) is 0 Å². The van der Waals surface area contributed by atoms with Gasteiger partial charge in [0.25, 0.3) is 17.5 Å². The lowest BCUT2D eigenvalue weighted by Crippen LogP contribution is -2.54. The molecule has 1 aliphatic heterocycles. The van der Waals surface area contributed by atoms with Crippen molar-refractivity contribution >= 4 is 35.3 Å². The van der Waals surface area contributed by atoms with E-state index in [1.807, 2.05) is 6.92 Å². The molecule has 1 aliphatic rings. The van der Waals surface area contributed by atoms with Crippen LogP contribution >= 0.6 is 0 Å². The maximum absolute atomic E-state index is 12.7. The largest absolute Gasteiger partial charge is 0.335 e. The highest BCUT2D eigenvalue weighted by atomic mass is 16.6. The van der Waals surface area contributed by atoms with Crippen molar-refractivity contribution in [3.63, 3.8) is 0 Å². The number of nitrogens with zero attached hydrogens (tertiary/aromatic N) is 2. The van der Waals surface area contributed by atoms with Gasteiger partial charge >= 0.3 is 6.03 Å². The normalized spacial score (nSPS) is 16.0. The summed E-state index contributed by atoms with van der Waals surface area (Å²) in [7, 11) is 0. The quantitative estimate of drug-likeness (QED) is 0.395. The number of amides is 4. The molecule has 0 saturated carbocycles. The minimum atomic E-state index is -0.829. The number of rotatable bonds is 3. The van der Waals surface area contributed by atoms with E-state index in [-0.39, 0.29) is 11.3 Å². The number of anilines is 1. The van der Waals surface area contributed by atoms with Gasteiger partial charge in [0, 0.05) is 12.1 Å². The van der Waals surface area contributed by atoms with Crippen molar-refractivity contribution in [1.82, 2.24) is 5.32 Å². The number of nitro benzene ring substituents is 1. The molecule has 0 spiro atoms. The highest BCUT2D eigenvalue weighted by Crippen LogP contribution is 2.22. The summed E-state index contributed by atoms with van der Waals surface area (Å²) in [6.45, 7) is 1.87. The van der Waals surface area contributed by atoms with E-state index >= 15 is 0 Å². The van der Waals surface area contributed by atoms with Gasteiger partial charge in [-0.2, -0.15) is 0 Å². The lowest BCUT2D eigenvalue weighted by Gasteiger charge is -2.26. The average molecular weight is 351 g/mol. The van der Waals surface area contributed by atoms with Crippen molar-refractivity contribution in [2.45, 2.75) is 6.92 Å². The highest BCUT2D eigenvalue weighted by molar-refractivity contribution is 6.39. The number of carbonyl (C=O) groups excluding carboxylic acids is 3. The highest BCUT2D eigenvalue weighted by Gasteiger charge is 2.36. The predicted molar refractivity (Wildman–Crippen MR) is 93.3 cm³/mol. The lowest BCUT2D eigenvalue weighted by molar-refractivity contribution is -0.384. The Balaban J connectivity index is 1.96. The Morgan fingerprint density at radius 3 is 2.19 bits per heavy atom. The Hall–Kier alpha value is -3.81.